The Morgan fingerprint density at radius 2 is 2.36 bits per heavy atom. The first-order valence-corrected chi connectivity index (χ1v) is 3.74. The molecule has 11 heavy (non-hydrogen) atoms. The molecular weight excluding hydrogens is 139 g/mol. The van der Waals surface area contributed by atoms with Gasteiger partial charge in [0.2, 0.25) is 0 Å². The van der Waals surface area contributed by atoms with Gasteiger partial charge in [0.15, 0.2) is 7.85 Å². The van der Waals surface area contributed by atoms with Gasteiger partial charge in [-0.2, -0.15) is 0 Å². The topological polar surface area (TPSA) is 44.9 Å². The van der Waals surface area contributed by atoms with Crippen LogP contribution < -0.4 is 10.9 Å². The van der Waals surface area contributed by atoms with E-state index in [4.69, 9.17) is 0 Å². The Bertz CT molecular complexity index is 305. The average Bonchev–Trinajstić information content (AvgIpc) is 2.31. The fraction of sp³-hybridized carbons (Fsp3) is 0.286. The number of aromatic amines is 1. The van der Waals surface area contributed by atoms with Crippen molar-refractivity contribution in [3.63, 3.8) is 0 Å². The lowest BCUT2D eigenvalue weighted by Gasteiger charge is -2.11. The minimum Gasteiger partial charge on any atom is -0.371 e. The van der Waals surface area contributed by atoms with Crippen molar-refractivity contribution in [2.45, 2.75) is 6.42 Å². The fourth-order valence-corrected chi connectivity index (χ4v) is 1.44. The molecule has 0 bridgehead atoms. The Labute approximate surface area is 65.6 Å². The molecule has 0 saturated carbocycles. The maximum atomic E-state index is 11.2. The molecule has 1 aromatic rings. The van der Waals surface area contributed by atoms with Crippen LogP contribution in [0.15, 0.2) is 6.07 Å². The summed E-state index contributed by atoms with van der Waals surface area (Å²) in [6.45, 7) is 0.756. The first-order chi connectivity index (χ1) is 5.27. The number of rotatable bonds is 0. The molecule has 0 radical (unpaired) electrons. The van der Waals surface area contributed by atoms with Crippen LogP contribution in [0.5, 0.6) is 0 Å². The highest BCUT2D eigenvalue weighted by atomic mass is 16.1. The third-order valence-corrected chi connectivity index (χ3v) is 1.94. The first-order valence-electron chi connectivity index (χ1n) is 3.74. The second-order valence-corrected chi connectivity index (χ2v) is 2.85. The van der Waals surface area contributed by atoms with Crippen LogP contribution in [0.2, 0.25) is 0 Å². The highest BCUT2D eigenvalue weighted by molar-refractivity contribution is 6.31. The molecule has 0 atom stereocenters. The van der Waals surface area contributed by atoms with Crippen LogP contribution in [0.3, 0.4) is 0 Å². The van der Waals surface area contributed by atoms with Crippen LogP contribution in [-0.4, -0.2) is 25.3 Å². The van der Waals surface area contributed by atoms with Crippen LogP contribution in [-0.2, 0) is 6.42 Å². The summed E-state index contributed by atoms with van der Waals surface area (Å²) in [5.41, 5.74) is 2.95. The summed E-state index contributed by atoms with van der Waals surface area (Å²) in [6, 6.07) is 1.89. The standard InChI is InChI=1S/C7H9BN2O/c8-6-3-4-5(10-6)1-2-9-7(4)11/h3,10H,1-2,8H2,(H,9,11). The molecule has 0 fully saturated rings. The molecule has 56 valence electrons. The highest BCUT2D eigenvalue weighted by Crippen LogP contribution is 2.08. The van der Waals surface area contributed by atoms with E-state index in [9.17, 15) is 4.79 Å². The average molecular weight is 148 g/mol. The molecule has 3 nitrogen and oxygen atoms in total. The Hall–Kier alpha value is -1.19. The molecule has 2 N–H and O–H groups in total. The van der Waals surface area contributed by atoms with Gasteiger partial charge in [-0.25, -0.2) is 0 Å². The number of hydrogen-bond donors (Lipinski definition) is 2. The molecule has 1 amide bonds. The predicted molar refractivity (Wildman–Crippen MR) is 45.0 cm³/mol. The number of hydrogen-bond acceptors (Lipinski definition) is 1. The zero-order valence-electron chi connectivity index (χ0n) is 6.40. The predicted octanol–water partition coefficient (Wildman–Crippen LogP) is -1.44. The second kappa shape index (κ2) is 2.15. The quantitative estimate of drug-likeness (QED) is 0.435. The van der Waals surface area contributed by atoms with Gasteiger partial charge in [-0.15, -0.1) is 0 Å². The van der Waals surface area contributed by atoms with Gasteiger partial charge < -0.3 is 10.3 Å². The van der Waals surface area contributed by atoms with Gasteiger partial charge >= 0.3 is 0 Å². The third kappa shape index (κ3) is 0.945. The number of amides is 1. The van der Waals surface area contributed by atoms with Crippen molar-refractivity contribution in [2.24, 2.45) is 0 Å². The zero-order valence-corrected chi connectivity index (χ0v) is 6.40. The number of aromatic nitrogens is 1. The molecule has 2 rings (SSSR count). The summed E-state index contributed by atoms with van der Waals surface area (Å²) in [5, 5.41) is 2.79. The summed E-state index contributed by atoms with van der Waals surface area (Å²) in [6.07, 6.45) is 0.926. The molecule has 1 aliphatic rings. The zero-order chi connectivity index (χ0) is 7.84. The van der Waals surface area contributed by atoms with E-state index in [1.165, 1.54) is 0 Å². The Morgan fingerprint density at radius 3 is 3.09 bits per heavy atom. The Kier molecular flexibility index (Phi) is 1.28. The normalized spacial score (nSPS) is 15.8. The van der Waals surface area contributed by atoms with E-state index < -0.39 is 0 Å². The van der Waals surface area contributed by atoms with Gasteiger partial charge in [-0.05, 0) is 11.7 Å². The minimum atomic E-state index is 0.0515. The number of nitrogens with one attached hydrogen (secondary N) is 2. The second-order valence-electron chi connectivity index (χ2n) is 2.85. The molecule has 0 spiro atoms. The van der Waals surface area contributed by atoms with Gasteiger partial charge in [0.1, 0.15) is 0 Å². The minimum absolute atomic E-state index is 0.0515. The van der Waals surface area contributed by atoms with Gasteiger partial charge in [0.25, 0.3) is 5.91 Å². The first kappa shape index (κ1) is 6.52. The van der Waals surface area contributed by atoms with Crippen molar-refractivity contribution >= 4 is 19.3 Å². The van der Waals surface area contributed by atoms with E-state index in [2.05, 4.69) is 10.3 Å². The van der Waals surface area contributed by atoms with Gasteiger partial charge in [-0.3, -0.25) is 4.79 Å². The van der Waals surface area contributed by atoms with Crippen LogP contribution >= 0.6 is 0 Å². The fourth-order valence-electron chi connectivity index (χ4n) is 1.44. The highest BCUT2D eigenvalue weighted by Gasteiger charge is 2.17. The lowest BCUT2D eigenvalue weighted by atomic mass is 10.0. The number of carbonyl (C=O) groups excluding carboxylic acids is 1. The van der Waals surface area contributed by atoms with Crippen molar-refractivity contribution in [3.8, 4) is 0 Å². The summed E-state index contributed by atoms with van der Waals surface area (Å²) >= 11 is 0. The van der Waals surface area contributed by atoms with Crippen molar-refractivity contribution in [3.05, 3.63) is 17.3 Å². The Morgan fingerprint density at radius 1 is 1.55 bits per heavy atom. The number of carbonyl (C=O) groups is 1. The van der Waals surface area contributed by atoms with Crippen LogP contribution in [0.25, 0.3) is 0 Å². The maximum Gasteiger partial charge on any atom is 0.253 e. The smallest absolute Gasteiger partial charge is 0.253 e. The molecule has 0 saturated heterocycles. The SMILES string of the molecule is Bc1cc2c([nH]1)CCNC2=O. The lowest BCUT2D eigenvalue weighted by Crippen LogP contribution is -2.31. The van der Waals surface area contributed by atoms with E-state index in [-0.39, 0.29) is 5.91 Å². The van der Waals surface area contributed by atoms with Crippen molar-refractivity contribution in [1.82, 2.24) is 10.3 Å². The van der Waals surface area contributed by atoms with Crippen LogP contribution in [0, 0.1) is 0 Å². The molecule has 1 aliphatic heterocycles. The summed E-state index contributed by atoms with van der Waals surface area (Å²) in [5.74, 6) is 0.0515. The maximum absolute atomic E-state index is 11.2. The monoisotopic (exact) mass is 148 g/mol. The summed E-state index contributed by atoms with van der Waals surface area (Å²) in [7, 11) is 1.96. The van der Waals surface area contributed by atoms with Crippen molar-refractivity contribution in [2.75, 3.05) is 6.54 Å². The van der Waals surface area contributed by atoms with E-state index in [0.29, 0.717) is 0 Å². The van der Waals surface area contributed by atoms with E-state index in [1.807, 2.05) is 13.9 Å². The molecule has 4 heteroatoms. The molecule has 1 aromatic heterocycles. The molecule has 2 heterocycles. The van der Waals surface area contributed by atoms with E-state index in [1.54, 1.807) is 0 Å². The van der Waals surface area contributed by atoms with Gasteiger partial charge in [0, 0.05) is 18.7 Å². The Balaban J connectivity index is 2.52. The van der Waals surface area contributed by atoms with Gasteiger partial charge in [-0.1, -0.05) is 0 Å². The number of H-pyrrole nitrogens is 1. The van der Waals surface area contributed by atoms with Crippen molar-refractivity contribution in [1.29, 1.82) is 0 Å². The molecule has 0 aliphatic carbocycles. The van der Waals surface area contributed by atoms with Crippen LogP contribution in [0.4, 0.5) is 0 Å². The molecule has 0 aromatic carbocycles. The van der Waals surface area contributed by atoms with E-state index in [0.717, 1.165) is 29.8 Å². The third-order valence-electron chi connectivity index (χ3n) is 1.94. The summed E-state index contributed by atoms with van der Waals surface area (Å²) in [4.78, 5) is 14.3. The largest absolute Gasteiger partial charge is 0.371 e. The molecular formula is C7H9BN2O. The van der Waals surface area contributed by atoms with E-state index >= 15 is 0 Å². The van der Waals surface area contributed by atoms with Gasteiger partial charge in [0.05, 0.1) is 5.56 Å². The lowest BCUT2D eigenvalue weighted by molar-refractivity contribution is 0.0946. The molecule has 0 unspecified atom stereocenters. The van der Waals surface area contributed by atoms with Crippen LogP contribution in [0.1, 0.15) is 16.1 Å². The summed E-state index contributed by atoms with van der Waals surface area (Å²) < 4.78 is 0. The van der Waals surface area contributed by atoms with Crippen molar-refractivity contribution < 1.29 is 4.79 Å². The number of fused-ring (bicyclic) bond motifs is 1.